The normalized spacial score (nSPS) is 13.8. The maximum atomic E-state index is 13.5. The van der Waals surface area contributed by atoms with Crippen LogP contribution in [0.4, 0.5) is 0 Å². The standard InChI is InChI=1S/C21H23N5O5S/c27-21(24-28)12-26(11-16-7-9-18(10-8-16)25-14-22-23-15-25)32(29,30)20-4-2-1-3-19(20)31-13-17-5-6-17/h1-4,7-10,14-15,17,28H,5-6,11-13H2,(H,24,27). The molecule has 0 atom stereocenters. The van der Waals surface area contributed by atoms with E-state index in [1.807, 2.05) is 0 Å². The molecule has 1 heterocycles. The van der Waals surface area contributed by atoms with E-state index in [-0.39, 0.29) is 17.2 Å². The molecular formula is C21H23N5O5S. The number of nitrogens with zero attached hydrogens (tertiary/aromatic N) is 4. The number of hydroxylamine groups is 1. The van der Waals surface area contributed by atoms with Crippen LogP contribution in [0, 0.1) is 5.92 Å². The summed E-state index contributed by atoms with van der Waals surface area (Å²) in [6, 6.07) is 13.5. The summed E-state index contributed by atoms with van der Waals surface area (Å²) in [5, 5.41) is 16.5. The average Bonchev–Trinajstić information content (AvgIpc) is 3.48. The van der Waals surface area contributed by atoms with Gasteiger partial charge in [0, 0.05) is 12.2 Å². The number of benzene rings is 2. The molecule has 1 amide bonds. The van der Waals surface area contributed by atoms with Crippen molar-refractivity contribution < 1.29 is 23.2 Å². The lowest BCUT2D eigenvalue weighted by Gasteiger charge is -2.23. The first-order valence-corrected chi connectivity index (χ1v) is 11.5. The van der Waals surface area contributed by atoms with Crippen molar-refractivity contribution in [3.05, 3.63) is 66.7 Å². The second-order valence-corrected chi connectivity index (χ2v) is 9.45. The summed E-state index contributed by atoms with van der Waals surface area (Å²) in [4.78, 5) is 11.9. The van der Waals surface area contributed by atoms with Crippen molar-refractivity contribution in [1.82, 2.24) is 24.5 Å². The van der Waals surface area contributed by atoms with Gasteiger partial charge in [0.2, 0.25) is 10.0 Å². The van der Waals surface area contributed by atoms with E-state index in [4.69, 9.17) is 9.94 Å². The van der Waals surface area contributed by atoms with Gasteiger partial charge in [-0.1, -0.05) is 24.3 Å². The first kappa shape index (κ1) is 21.9. The molecular weight excluding hydrogens is 434 g/mol. The predicted octanol–water partition coefficient (Wildman–Crippen LogP) is 1.75. The van der Waals surface area contributed by atoms with E-state index in [9.17, 15) is 13.2 Å². The Morgan fingerprint density at radius 1 is 1.12 bits per heavy atom. The number of hydrogen-bond acceptors (Lipinski definition) is 7. The molecule has 1 aliphatic rings. The highest BCUT2D eigenvalue weighted by molar-refractivity contribution is 7.89. The van der Waals surface area contributed by atoms with Crippen molar-refractivity contribution >= 4 is 15.9 Å². The second-order valence-electron chi connectivity index (χ2n) is 7.54. The van der Waals surface area contributed by atoms with Gasteiger partial charge in [-0.3, -0.25) is 14.6 Å². The summed E-state index contributed by atoms with van der Waals surface area (Å²) in [5.41, 5.74) is 2.97. The lowest BCUT2D eigenvalue weighted by molar-refractivity contribution is -0.129. The smallest absolute Gasteiger partial charge is 0.258 e. The van der Waals surface area contributed by atoms with Gasteiger partial charge >= 0.3 is 0 Å². The van der Waals surface area contributed by atoms with Crippen LogP contribution in [0.1, 0.15) is 18.4 Å². The Morgan fingerprint density at radius 3 is 2.47 bits per heavy atom. The van der Waals surface area contributed by atoms with Crippen molar-refractivity contribution in [2.45, 2.75) is 24.3 Å². The number of carbonyl (C=O) groups excluding carboxylic acids is 1. The van der Waals surface area contributed by atoms with E-state index < -0.39 is 22.5 Å². The monoisotopic (exact) mass is 457 g/mol. The number of rotatable bonds is 10. The van der Waals surface area contributed by atoms with Gasteiger partial charge in [0.25, 0.3) is 5.91 Å². The van der Waals surface area contributed by atoms with Crippen LogP contribution in [0.25, 0.3) is 5.69 Å². The highest BCUT2D eigenvalue weighted by atomic mass is 32.2. The summed E-state index contributed by atoms with van der Waals surface area (Å²) in [6.07, 6.45) is 5.25. The zero-order valence-corrected chi connectivity index (χ0v) is 18.0. The third-order valence-corrected chi connectivity index (χ3v) is 6.93. The molecule has 1 aromatic heterocycles. The van der Waals surface area contributed by atoms with Crippen LogP contribution in [0.15, 0.2) is 66.1 Å². The van der Waals surface area contributed by atoms with Crippen LogP contribution >= 0.6 is 0 Å². The summed E-state index contributed by atoms with van der Waals surface area (Å²) in [7, 11) is -4.10. The van der Waals surface area contributed by atoms with Gasteiger partial charge in [0.15, 0.2) is 0 Å². The van der Waals surface area contributed by atoms with Gasteiger partial charge in [-0.2, -0.15) is 4.31 Å². The molecule has 3 aromatic rings. The van der Waals surface area contributed by atoms with Crippen LogP contribution in [0.2, 0.25) is 0 Å². The molecule has 0 aliphatic heterocycles. The number of carbonyl (C=O) groups is 1. The molecule has 0 spiro atoms. The number of ether oxygens (including phenoxy) is 1. The van der Waals surface area contributed by atoms with Crippen LogP contribution in [0.3, 0.4) is 0 Å². The van der Waals surface area contributed by atoms with Crippen molar-refractivity contribution in [2.75, 3.05) is 13.2 Å². The maximum absolute atomic E-state index is 13.5. The Balaban J connectivity index is 1.60. The lowest BCUT2D eigenvalue weighted by atomic mass is 10.2. The molecule has 10 nitrogen and oxygen atoms in total. The largest absolute Gasteiger partial charge is 0.492 e. The second kappa shape index (κ2) is 9.47. The van der Waals surface area contributed by atoms with E-state index in [1.165, 1.54) is 11.5 Å². The summed E-state index contributed by atoms with van der Waals surface area (Å²) >= 11 is 0. The molecule has 1 saturated carbocycles. The molecule has 2 N–H and O–H groups in total. The summed E-state index contributed by atoms with van der Waals surface area (Å²) < 4.78 is 35.5. The SMILES string of the molecule is O=C(CN(Cc1ccc(-n2cnnc2)cc1)S(=O)(=O)c1ccccc1OCC1CC1)NO. The Kier molecular flexibility index (Phi) is 6.49. The zero-order valence-electron chi connectivity index (χ0n) is 17.2. The molecule has 1 aliphatic carbocycles. The third-order valence-electron chi connectivity index (χ3n) is 5.10. The van der Waals surface area contributed by atoms with E-state index in [2.05, 4.69) is 10.2 Å². The van der Waals surface area contributed by atoms with E-state index in [1.54, 1.807) is 59.7 Å². The molecule has 0 unspecified atom stereocenters. The van der Waals surface area contributed by atoms with Crippen molar-refractivity contribution in [3.8, 4) is 11.4 Å². The fraction of sp³-hybridized carbons (Fsp3) is 0.286. The molecule has 32 heavy (non-hydrogen) atoms. The summed E-state index contributed by atoms with van der Waals surface area (Å²) in [6.45, 7) is -0.174. The first-order valence-electron chi connectivity index (χ1n) is 10.1. The van der Waals surface area contributed by atoms with Crippen LogP contribution in [0.5, 0.6) is 5.75 Å². The predicted molar refractivity (Wildman–Crippen MR) is 114 cm³/mol. The number of aromatic nitrogens is 3. The van der Waals surface area contributed by atoms with Crippen LogP contribution < -0.4 is 10.2 Å². The molecule has 168 valence electrons. The molecule has 0 bridgehead atoms. The van der Waals surface area contributed by atoms with E-state index in [0.29, 0.717) is 18.1 Å². The van der Waals surface area contributed by atoms with Gasteiger partial charge < -0.3 is 4.74 Å². The number of amides is 1. The minimum absolute atomic E-state index is 0.0208. The average molecular weight is 458 g/mol. The molecule has 11 heteroatoms. The van der Waals surface area contributed by atoms with Crippen molar-refractivity contribution in [2.24, 2.45) is 5.92 Å². The zero-order chi connectivity index (χ0) is 22.6. The first-order chi connectivity index (χ1) is 15.5. The highest BCUT2D eigenvalue weighted by Gasteiger charge is 2.30. The van der Waals surface area contributed by atoms with Gasteiger partial charge in [0.05, 0.1) is 13.2 Å². The van der Waals surface area contributed by atoms with Gasteiger partial charge in [-0.05, 0) is 48.6 Å². The Hall–Kier alpha value is -3.28. The number of nitrogens with one attached hydrogen (secondary N) is 1. The highest BCUT2D eigenvalue weighted by Crippen LogP contribution is 2.32. The molecule has 1 fully saturated rings. The maximum Gasteiger partial charge on any atom is 0.258 e. The summed E-state index contributed by atoms with van der Waals surface area (Å²) in [5.74, 6) is -0.144. The Labute approximate surface area is 185 Å². The molecule has 0 saturated heterocycles. The third kappa shape index (κ3) is 5.13. The van der Waals surface area contributed by atoms with Gasteiger partial charge in [-0.25, -0.2) is 13.9 Å². The van der Waals surface area contributed by atoms with Gasteiger partial charge in [-0.15, -0.1) is 10.2 Å². The van der Waals surface area contributed by atoms with Crippen molar-refractivity contribution in [3.63, 3.8) is 0 Å². The van der Waals surface area contributed by atoms with Crippen LogP contribution in [-0.2, 0) is 21.4 Å². The number of hydrogen-bond donors (Lipinski definition) is 2. The van der Waals surface area contributed by atoms with E-state index in [0.717, 1.165) is 22.8 Å². The topological polar surface area (TPSA) is 127 Å². The van der Waals surface area contributed by atoms with Crippen LogP contribution in [-0.4, -0.2) is 51.8 Å². The number of para-hydroxylation sites is 1. The molecule has 0 radical (unpaired) electrons. The Bertz CT molecular complexity index is 1160. The number of sulfonamides is 1. The fourth-order valence-electron chi connectivity index (χ4n) is 3.15. The minimum Gasteiger partial charge on any atom is -0.492 e. The van der Waals surface area contributed by atoms with Crippen molar-refractivity contribution in [1.29, 1.82) is 0 Å². The Morgan fingerprint density at radius 2 is 1.81 bits per heavy atom. The van der Waals surface area contributed by atoms with E-state index >= 15 is 0 Å². The molecule has 4 rings (SSSR count). The lowest BCUT2D eigenvalue weighted by Crippen LogP contribution is -2.39. The minimum atomic E-state index is -4.10. The fourth-order valence-corrected chi connectivity index (χ4v) is 4.66. The molecule has 2 aromatic carbocycles. The quantitative estimate of drug-likeness (QED) is 0.351. The van der Waals surface area contributed by atoms with Gasteiger partial charge in [0.1, 0.15) is 23.3 Å².